The van der Waals surface area contributed by atoms with Crippen LogP contribution in [0, 0.1) is 5.82 Å². The standard InChI is InChI=1S/C19H18ClF2NO2/c1-18(25)8-9-19(22,14-3-2-10-23-17(14)18)16(24)7-5-12-4-6-13(21)11-15(12)20/h2-4,6,10-11,25H,5,7-9H2,1H3/t18-,19-/m0/s1. The van der Waals surface area contributed by atoms with E-state index < -0.39 is 22.9 Å². The minimum absolute atomic E-state index is 0.0711. The zero-order valence-electron chi connectivity index (χ0n) is 13.7. The molecular weight excluding hydrogens is 348 g/mol. The van der Waals surface area contributed by atoms with Crippen LogP contribution < -0.4 is 0 Å². The summed E-state index contributed by atoms with van der Waals surface area (Å²) in [5, 5.41) is 10.6. The van der Waals surface area contributed by atoms with E-state index in [9.17, 15) is 14.3 Å². The second-order valence-corrected chi connectivity index (χ2v) is 7.04. The smallest absolute Gasteiger partial charge is 0.195 e. The number of pyridine rings is 1. The Bertz CT molecular complexity index is 825. The number of carbonyl (C=O) groups is 1. The quantitative estimate of drug-likeness (QED) is 0.881. The van der Waals surface area contributed by atoms with Gasteiger partial charge in [0.1, 0.15) is 11.4 Å². The van der Waals surface area contributed by atoms with E-state index in [1.165, 1.54) is 30.5 Å². The van der Waals surface area contributed by atoms with Gasteiger partial charge < -0.3 is 5.11 Å². The van der Waals surface area contributed by atoms with Crippen molar-refractivity contribution >= 4 is 17.4 Å². The van der Waals surface area contributed by atoms with Gasteiger partial charge in [-0.3, -0.25) is 9.78 Å². The number of halogens is 3. The molecule has 1 aliphatic carbocycles. The number of nitrogens with zero attached hydrogens (tertiary/aromatic N) is 1. The van der Waals surface area contributed by atoms with Crippen LogP contribution in [-0.4, -0.2) is 15.9 Å². The Morgan fingerprint density at radius 1 is 1.36 bits per heavy atom. The summed E-state index contributed by atoms with van der Waals surface area (Å²) in [6, 6.07) is 6.98. The molecule has 1 N–H and O–H groups in total. The SMILES string of the molecule is C[C@]1(O)CC[C@@](F)(C(=O)CCc2ccc(F)cc2Cl)c2cccnc21. The molecule has 25 heavy (non-hydrogen) atoms. The highest BCUT2D eigenvalue weighted by Crippen LogP contribution is 2.46. The highest BCUT2D eigenvalue weighted by atomic mass is 35.5. The number of fused-ring (bicyclic) bond motifs is 1. The number of hydrogen-bond donors (Lipinski definition) is 1. The molecule has 1 aromatic heterocycles. The molecule has 0 bridgehead atoms. The molecule has 2 atom stereocenters. The Hall–Kier alpha value is -1.85. The summed E-state index contributed by atoms with van der Waals surface area (Å²) in [7, 11) is 0. The molecule has 0 saturated heterocycles. The van der Waals surface area contributed by atoms with Gasteiger partial charge in [-0.25, -0.2) is 8.78 Å². The van der Waals surface area contributed by atoms with Crippen molar-refractivity contribution in [3.63, 3.8) is 0 Å². The Balaban J connectivity index is 1.84. The molecule has 0 aliphatic heterocycles. The molecule has 0 saturated carbocycles. The van der Waals surface area contributed by atoms with E-state index in [-0.39, 0.29) is 42.0 Å². The molecule has 0 spiro atoms. The summed E-state index contributed by atoms with van der Waals surface area (Å²) in [6.45, 7) is 1.57. The van der Waals surface area contributed by atoms with Crippen LogP contribution in [0.2, 0.25) is 5.02 Å². The van der Waals surface area contributed by atoms with Crippen LogP contribution in [-0.2, 0) is 22.5 Å². The Morgan fingerprint density at radius 3 is 2.84 bits per heavy atom. The summed E-state index contributed by atoms with van der Waals surface area (Å²) in [5.74, 6) is -1.05. The van der Waals surface area contributed by atoms with E-state index in [1.54, 1.807) is 13.0 Å². The van der Waals surface area contributed by atoms with Crippen molar-refractivity contribution in [2.75, 3.05) is 0 Å². The predicted molar refractivity (Wildman–Crippen MR) is 90.6 cm³/mol. The number of hydrogen-bond acceptors (Lipinski definition) is 3. The number of Topliss-reactive ketones (excluding diaryl/α,β-unsaturated/α-hetero) is 1. The zero-order chi connectivity index (χ0) is 18.2. The zero-order valence-corrected chi connectivity index (χ0v) is 14.5. The van der Waals surface area contributed by atoms with Crippen LogP contribution >= 0.6 is 11.6 Å². The lowest BCUT2D eigenvalue weighted by Gasteiger charge is -2.37. The predicted octanol–water partition coefficient (Wildman–Crippen LogP) is 4.24. The summed E-state index contributed by atoms with van der Waals surface area (Å²) in [4.78, 5) is 16.7. The van der Waals surface area contributed by atoms with Gasteiger partial charge in [0.25, 0.3) is 0 Å². The molecule has 0 amide bonds. The van der Waals surface area contributed by atoms with Gasteiger partial charge >= 0.3 is 0 Å². The van der Waals surface area contributed by atoms with E-state index in [4.69, 9.17) is 11.6 Å². The van der Waals surface area contributed by atoms with Crippen LogP contribution in [0.3, 0.4) is 0 Å². The van der Waals surface area contributed by atoms with E-state index >= 15 is 4.39 Å². The number of rotatable bonds is 4. The van der Waals surface area contributed by atoms with E-state index in [1.807, 2.05) is 0 Å². The third kappa shape index (κ3) is 3.31. The molecule has 3 rings (SSSR count). The number of aromatic nitrogens is 1. The molecule has 1 heterocycles. The summed E-state index contributed by atoms with van der Waals surface area (Å²) < 4.78 is 28.7. The molecule has 2 aromatic rings. The van der Waals surface area contributed by atoms with Crippen molar-refractivity contribution in [2.24, 2.45) is 0 Å². The first-order valence-electron chi connectivity index (χ1n) is 8.08. The van der Waals surface area contributed by atoms with Crippen LogP contribution in [0.5, 0.6) is 0 Å². The lowest BCUT2D eigenvalue weighted by Crippen LogP contribution is -2.42. The molecule has 0 unspecified atom stereocenters. The van der Waals surface area contributed by atoms with Gasteiger partial charge in [0.15, 0.2) is 11.5 Å². The largest absolute Gasteiger partial charge is 0.384 e. The van der Waals surface area contributed by atoms with E-state index in [2.05, 4.69) is 4.98 Å². The third-order valence-electron chi connectivity index (χ3n) is 4.78. The maximum atomic E-state index is 15.6. The van der Waals surface area contributed by atoms with Gasteiger partial charge in [-0.05, 0) is 49.9 Å². The topological polar surface area (TPSA) is 50.2 Å². The lowest BCUT2D eigenvalue weighted by molar-refractivity contribution is -0.134. The Morgan fingerprint density at radius 2 is 2.12 bits per heavy atom. The van der Waals surface area contributed by atoms with E-state index in [0.717, 1.165) is 0 Å². The van der Waals surface area contributed by atoms with Gasteiger partial charge in [-0.1, -0.05) is 23.7 Å². The first-order valence-corrected chi connectivity index (χ1v) is 8.46. The third-order valence-corrected chi connectivity index (χ3v) is 5.13. The van der Waals surface area contributed by atoms with Crippen molar-refractivity contribution in [1.82, 2.24) is 4.98 Å². The summed E-state index contributed by atoms with van der Waals surface area (Å²) in [5.41, 5.74) is -2.52. The van der Waals surface area contributed by atoms with Crippen LogP contribution in [0.1, 0.15) is 43.0 Å². The minimum Gasteiger partial charge on any atom is -0.384 e. The molecule has 6 heteroatoms. The molecule has 1 aliphatic rings. The highest BCUT2D eigenvalue weighted by Gasteiger charge is 2.49. The number of aliphatic hydroxyl groups is 1. The van der Waals surface area contributed by atoms with Crippen molar-refractivity contribution in [1.29, 1.82) is 0 Å². The van der Waals surface area contributed by atoms with Gasteiger partial charge in [0.05, 0.1) is 5.69 Å². The van der Waals surface area contributed by atoms with E-state index in [0.29, 0.717) is 5.56 Å². The van der Waals surface area contributed by atoms with Crippen molar-refractivity contribution in [3.05, 3.63) is 64.2 Å². The normalized spacial score (nSPS) is 25.5. The number of carbonyl (C=O) groups excluding carboxylic acids is 1. The van der Waals surface area contributed by atoms with Gasteiger partial charge in [-0.15, -0.1) is 0 Å². The van der Waals surface area contributed by atoms with Crippen LogP contribution in [0.4, 0.5) is 8.78 Å². The summed E-state index contributed by atoms with van der Waals surface area (Å²) >= 11 is 5.96. The second kappa shape index (κ2) is 6.46. The number of aryl methyl sites for hydroxylation is 1. The molecule has 0 fully saturated rings. The van der Waals surface area contributed by atoms with Crippen LogP contribution in [0.15, 0.2) is 36.5 Å². The van der Waals surface area contributed by atoms with Crippen molar-refractivity contribution in [3.8, 4) is 0 Å². The lowest BCUT2D eigenvalue weighted by atomic mass is 9.73. The fourth-order valence-corrected chi connectivity index (χ4v) is 3.55. The maximum absolute atomic E-state index is 15.6. The van der Waals surface area contributed by atoms with Gasteiger partial charge in [0, 0.05) is 23.2 Å². The molecule has 3 nitrogen and oxygen atoms in total. The number of alkyl halides is 1. The minimum atomic E-state index is -2.18. The average Bonchev–Trinajstić information content (AvgIpc) is 2.58. The molecular formula is C19H18ClF2NO2. The van der Waals surface area contributed by atoms with Gasteiger partial charge in [0.2, 0.25) is 0 Å². The molecule has 1 aromatic carbocycles. The van der Waals surface area contributed by atoms with Crippen molar-refractivity contribution < 1.29 is 18.7 Å². The average molecular weight is 366 g/mol. The Labute approximate surface area is 149 Å². The first kappa shape index (κ1) is 18.0. The second-order valence-electron chi connectivity index (χ2n) is 6.63. The highest BCUT2D eigenvalue weighted by molar-refractivity contribution is 6.31. The number of ketones is 1. The monoisotopic (exact) mass is 365 g/mol. The van der Waals surface area contributed by atoms with Crippen molar-refractivity contribution in [2.45, 2.75) is 43.9 Å². The fraction of sp³-hybridized carbons (Fsp3) is 0.368. The van der Waals surface area contributed by atoms with Crippen LogP contribution in [0.25, 0.3) is 0 Å². The van der Waals surface area contributed by atoms with Gasteiger partial charge in [-0.2, -0.15) is 0 Å². The summed E-state index contributed by atoms with van der Waals surface area (Å²) in [6.07, 6.45) is 1.63. The molecule has 132 valence electrons. The first-order chi connectivity index (χ1) is 11.7. The fourth-order valence-electron chi connectivity index (χ4n) is 3.28. The molecule has 0 radical (unpaired) electrons. The number of benzene rings is 1. The Kier molecular flexibility index (Phi) is 4.64. The maximum Gasteiger partial charge on any atom is 0.195 e.